The number of alkyl carbamates (subject to hydrolysis) is 1. The number of halogens is 1. The number of ether oxygens (including phenoxy) is 1. The summed E-state index contributed by atoms with van der Waals surface area (Å²) in [7, 11) is 0. The molecule has 0 heterocycles. The Balaban J connectivity index is 2.82. The second-order valence-electron chi connectivity index (χ2n) is 5.33. The summed E-state index contributed by atoms with van der Waals surface area (Å²) in [6.07, 6.45) is -1.17. The minimum atomic E-state index is -1.32. The molecule has 0 unspecified atom stereocenters. The van der Waals surface area contributed by atoms with Gasteiger partial charge in [-0.15, -0.1) is 0 Å². The molecule has 0 saturated heterocycles. The van der Waals surface area contributed by atoms with Gasteiger partial charge in [0, 0.05) is 12.4 Å². The summed E-state index contributed by atoms with van der Waals surface area (Å²) in [5.74, 6) is -1.77. The van der Waals surface area contributed by atoms with Crippen molar-refractivity contribution in [3.8, 4) is 0 Å². The van der Waals surface area contributed by atoms with Crippen LogP contribution >= 0.6 is 0 Å². The fraction of sp³-hybridized carbons (Fsp3) is 0.429. The van der Waals surface area contributed by atoms with E-state index in [4.69, 9.17) is 4.74 Å². The van der Waals surface area contributed by atoms with E-state index in [9.17, 15) is 19.1 Å². The van der Waals surface area contributed by atoms with Crippen LogP contribution in [0.15, 0.2) is 24.3 Å². The SMILES string of the molecule is CC(C)(C)OC(=O)N[C@H](CC(=O)[O-])c1ccc(F)cc1. The van der Waals surface area contributed by atoms with Crippen molar-refractivity contribution in [1.82, 2.24) is 5.32 Å². The third-order valence-corrected chi connectivity index (χ3v) is 2.33. The largest absolute Gasteiger partial charge is 0.550 e. The zero-order chi connectivity index (χ0) is 15.3. The van der Waals surface area contributed by atoms with Gasteiger partial charge < -0.3 is 20.0 Å². The summed E-state index contributed by atoms with van der Waals surface area (Å²) < 4.78 is 17.9. The maximum Gasteiger partial charge on any atom is 0.408 e. The average molecular weight is 282 g/mol. The summed E-state index contributed by atoms with van der Waals surface area (Å²) in [6.45, 7) is 5.08. The van der Waals surface area contributed by atoms with Crippen molar-refractivity contribution in [2.45, 2.75) is 38.8 Å². The van der Waals surface area contributed by atoms with Crippen molar-refractivity contribution in [2.75, 3.05) is 0 Å². The van der Waals surface area contributed by atoms with Gasteiger partial charge in [-0.05, 0) is 38.5 Å². The van der Waals surface area contributed by atoms with Crippen LogP contribution in [0, 0.1) is 5.82 Å². The lowest BCUT2D eigenvalue weighted by Gasteiger charge is -2.24. The molecule has 0 saturated carbocycles. The molecular weight excluding hydrogens is 265 g/mol. The Labute approximate surface area is 116 Å². The van der Waals surface area contributed by atoms with Crippen molar-refractivity contribution in [2.24, 2.45) is 0 Å². The summed E-state index contributed by atoms with van der Waals surface area (Å²) in [4.78, 5) is 22.4. The van der Waals surface area contributed by atoms with Crippen molar-refractivity contribution < 1.29 is 23.8 Å². The highest BCUT2D eigenvalue weighted by molar-refractivity contribution is 5.71. The zero-order valence-corrected chi connectivity index (χ0v) is 11.6. The highest BCUT2D eigenvalue weighted by Gasteiger charge is 2.20. The van der Waals surface area contributed by atoms with E-state index in [2.05, 4.69) is 5.32 Å². The Hall–Kier alpha value is -2.11. The molecule has 6 heteroatoms. The predicted molar refractivity (Wildman–Crippen MR) is 68.1 cm³/mol. The number of benzene rings is 1. The molecule has 1 amide bonds. The second-order valence-corrected chi connectivity index (χ2v) is 5.33. The van der Waals surface area contributed by atoms with Crippen LogP contribution in [0.2, 0.25) is 0 Å². The number of aliphatic carboxylic acids is 1. The van der Waals surface area contributed by atoms with Gasteiger partial charge in [0.15, 0.2) is 0 Å². The van der Waals surface area contributed by atoms with Gasteiger partial charge in [0.1, 0.15) is 11.4 Å². The minimum absolute atomic E-state index is 0.426. The first-order chi connectivity index (χ1) is 9.17. The monoisotopic (exact) mass is 282 g/mol. The highest BCUT2D eigenvalue weighted by atomic mass is 19.1. The Morgan fingerprint density at radius 1 is 1.30 bits per heavy atom. The van der Waals surface area contributed by atoms with E-state index in [0.29, 0.717) is 5.56 Å². The molecule has 1 N–H and O–H groups in total. The van der Waals surface area contributed by atoms with Gasteiger partial charge in [-0.25, -0.2) is 9.18 Å². The number of amides is 1. The van der Waals surface area contributed by atoms with E-state index in [1.54, 1.807) is 20.8 Å². The maximum atomic E-state index is 12.9. The van der Waals surface area contributed by atoms with Crippen molar-refractivity contribution in [3.63, 3.8) is 0 Å². The van der Waals surface area contributed by atoms with Gasteiger partial charge >= 0.3 is 6.09 Å². The summed E-state index contributed by atoms with van der Waals surface area (Å²) in [6, 6.07) is 4.35. The third kappa shape index (κ3) is 5.69. The highest BCUT2D eigenvalue weighted by Crippen LogP contribution is 2.18. The van der Waals surface area contributed by atoms with E-state index in [-0.39, 0.29) is 0 Å². The second kappa shape index (κ2) is 6.36. The summed E-state index contributed by atoms with van der Waals surface area (Å²) >= 11 is 0. The molecule has 1 aromatic carbocycles. The lowest BCUT2D eigenvalue weighted by Crippen LogP contribution is -2.37. The lowest BCUT2D eigenvalue weighted by molar-refractivity contribution is -0.306. The number of carboxylic acids is 1. The van der Waals surface area contributed by atoms with Crippen LogP contribution in [0.3, 0.4) is 0 Å². The van der Waals surface area contributed by atoms with Crippen molar-refractivity contribution in [3.05, 3.63) is 35.6 Å². The number of carboxylic acid groups (broad SMARTS) is 1. The molecule has 5 nitrogen and oxygen atoms in total. The van der Waals surface area contributed by atoms with Crippen LogP contribution < -0.4 is 10.4 Å². The Morgan fingerprint density at radius 2 is 1.85 bits per heavy atom. The first kappa shape index (κ1) is 15.9. The van der Waals surface area contributed by atoms with E-state index >= 15 is 0 Å². The first-order valence-electron chi connectivity index (χ1n) is 6.12. The van der Waals surface area contributed by atoms with E-state index in [1.807, 2.05) is 0 Å². The molecule has 1 rings (SSSR count). The molecule has 1 atom stereocenters. The van der Waals surface area contributed by atoms with Crippen LogP contribution in [-0.2, 0) is 9.53 Å². The summed E-state index contributed by atoms with van der Waals surface area (Å²) in [5.41, 5.74) is -0.236. The van der Waals surface area contributed by atoms with E-state index < -0.39 is 35.9 Å². The average Bonchev–Trinajstić information content (AvgIpc) is 2.25. The zero-order valence-electron chi connectivity index (χ0n) is 11.6. The van der Waals surface area contributed by atoms with Crippen LogP contribution in [0.5, 0.6) is 0 Å². The number of hydrogen-bond acceptors (Lipinski definition) is 4. The number of carbonyl (C=O) groups is 2. The maximum absolute atomic E-state index is 12.9. The van der Waals surface area contributed by atoms with Crippen LogP contribution in [0.25, 0.3) is 0 Å². The van der Waals surface area contributed by atoms with Crippen LogP contribution in [-0.4, -0.2) is 17.7 Å². The number of hydrogen-bond donors (Lipinski definition) is 1. The smallest absolute Gasteiger partial charge is 0.408 e. The molecule has 0 bridgehead atoms. The molecule has 0 spiro atoms. The van der Waals surface area contributed by atoms with Crippen molar-refractivity contribution in [1.29, 1.82) is 0 Å². The quantitative estimate of drug-likeness (QED) is 0.908. The predicted octanol–water partition coefficient (Wildman–Crippen LogP) is 1.53. The molecular formula is C14H17FNO4-. The van der Waals surface area contributed by atoms with E-state index in [1.165, 1.54) is 24.3 Å². The summed E-state index contributed by atoms with van der Waals surface area (Å²) in [5, 5.41) is 13.2. The van der Waals surface area contributed by atoms with Crippen LogP contribution in [0.1, 0.15) is 38.8 Å². The normalized spacial score (nSPS) is 12.6. The number of rotatable bonds is 4. The number of carbonyl (C=O) groups excluding carboxylic acids is 2. The van der Waals surface area contributed by atoms with Crippen LogP contribution in [0.4, 0.5) is 9.18 Å². The molecule has 0 fully saturated rings. The standard InChI is InChI=1S/C14H18FNO4/c1-14(2,3)20-13(19)16-11(8-12(17)18)9-4-6-10(15)7-5-9/h4-7,11H,8H2,1-3H3,(H,16,19)(H,17,18)/p-1/t11-/m1/s1. The Bertz CT molecular complexity index is 479. The number of nitrogens with one attached hydrogen (secondary N) is 1. The topological polar surface area (TPSA) is 78.5 Å². The molecule has 1 aromatic rings. The van der Waals surface area contributed by atoms with Gasteiger partial charge in [-0.2, -0.15) is 0 Å². The van der Waals surface area contributed by atoms with Gasteiger partial charge in [-0.3, -0.25) is 0 Å². The lowest BCUT2D eigenvalue weighted by atomic mass is 10.0. The third-order valence-electron chi connectivity index (χ3n) is 2.33. The molecule has 0 aliphatic carbocycles. The van der Waals surface area contributed by atoms with Gasteiger partial charge in [-0.1, -0.05) is 12.1 Å². The molecule has 0 radical (unpaired) electrons. The molecule has 0 aliphatic rings. The van der Waals surface area contributed by atoms with Gasteiger partial charge in [0.2, 0.25) is 0 Å². The molecule has 0 aliphatic heterocycles. The first-order valence-corrected chi connectivity index (χ1v) is 6.12. The Kier molecular flexibility index (Phi) is 5.07. The molecule has 20 heavy (non-hydrogen) atoms. The molecule has 110 valence electrons. The van der Waals surface area contributed by atoms with Crippen molar-refractivity contribution >= 4 is 12.1 Å². The van der Waals surface area contributed by atoms with Gasteiger partial charge in [0.25, 0.3) is 0 Å². The minimum Gasteiger partial charge on any atom is -0.550 e. The van der Waals surface area contributed by atoms with E-state index in [0.717, 1.165) is 0 Å². The van der Waals surface area contributed by atoms with Gasteiger partial charge in [0.05, 0.1) is 6.04 Å². The molecule has 0 aromatic heterocycles. The Morgan fingerprint density at radius 3 is 2.30 bits per heavy atom. The fourth-order valence-corrected chi connectivity index (χ4v) is 1.56. The fourth-order valence-electron chi connectivity index (χ4n) is 1.56.